The van der Waals surface area contributed by atoms with Gasteiger partial charge >= 0.3 is 0 Å². The molecule has 2 fully saturated rings. The minimum atomic E-state index is -0.340. The molecular weight excluding hydrogens is 294 g/mol. The summed E-state index contributed by atoms with van der Waals surface area (Å²) in [6, 6.07) is 9.25. The average Bonchev–Trinajstić information content (AvgIpc) is 2.73. The maximum atomic E-state index is 10.6. The van der Waals surface area contributed by atoms with E-state index < -0.39 is 0 Å². The molecule has 134 valence electrons. The van der Waals surface area contributed by atoms with Crippen LogP contribution in [0.4, 0.5) is 0 Å². The van der Waals surface area contributed by atoms with Crippen LogP contribution in [0, 0.1) is 10.8 Å². The van der Waals surface area contributed by atoms with Crippen molar-refractivity contribution in [2.24, 2.45) is 10.8 Å². The van der Waals surface area contributed by atoms with E-state index in [4.69, 9.17) is 0 Å². The zero-order valence-electron chi connectivity index (χ0n) is 16.2. The number of hydrogen-bond donors (Lipinski definition) is 1. The van der Waals surface area contributed by atoms with Gasteiger partial charge < -0.3 is 5.11 Å². The topological polar surface area (TPSA) is 23.5 Å². The molecule has 0 spiro atoms. The van der Waals surface area contributed by atoms with Crippen molar-refractivity contribution in [3.8, 4) is 0 Å². The third-order valence-electron chi connectivity index (χ3n) is 6.20. The number of hydrogen-bond acceptors (Lipinski definition) is 2. The van der Waals surface area contributed by atoms with Crippen molar-refractivity contribution in [2.45, 2.75) is 78.4 Å². The monoisotopic (exact) mass is 329 g/mol. The Balaban J connectivity index is 1.58. The molecular formula is C22H35NO. The van der Waals surface area contributed by atoms with Gasteiger partial charge in [0.25, 0.3) is 0 Å². The molecule has 3 rings (SSSR count). The molecule has 1 saturated carbocycles. The molecule has 1 aliphatic carbocycles. The van der Waals surface area contributed by atoms with E-state index in [0.29, 0.717) is 22.8 Å². The second-order valence-electron chi connectivity index (χ2n) is 9.81. The Kier molecular flexibility index (Phi) is 4.83. The maximum absolute atomic E-state index is 10.6. The van der Waals surface area contributed by atoms with Crippen molar-refractivity contribution >= 4 is 0 Å². The van der Waals surface area contributed by atoms with Gasteiger partial charge in [0.1, 0.15) is 0 Å². The van der Waals surface area contributed by atoms with Crippen LogP contribution in [0.3, 0.4) is 0 Å². The lowest BCUT2D eigenvalue weighted by Crippen LogP contribution is -2.35. The molecule has 0 amide bonds. The van der Waals surface area contributed by atoms with E-state index in [1.807, 2.05) is 0 Å². The summed E-state index contributed by atoms with van der Waals surface area (Å²) in [6.45, 7) is 13.9. The van der Waals surface area contributed by atoms with Gasteiger partial charge in [-0.05, 0) is 53.6 Å². The van der Waals surface area contributed by atoms with E-state index in [-0.39, 0.29) is 6.10 Å². The standard InChI is InChI=1S/C22H35NO/c1-16(2)17-6-8-18(9-7-17)20(24)10-11-23-15-22(5)13-19(23)12-21(3,4)14-22/h6-9,16,19-20,24H,10-15H2,1-5H3. The normalized spacial score (nSPS) is 30.7. The van der Waals surface area contributed by atoms with E-state index in [0.717, 1.165) is 18.5 Å². The molecule has 2 bridgehead atoms. The number of aliphatic hydroxyl groups is 1. The molecule has 1 aromatic carbocycles. The van der Waals surface area contributed by atoms with Gasteiger partial charge in [-0.1, -0.05) is 58.9 Å². The molecule has 1 N–H and O–H groups in total. The van der Waals surface area contributed by atoms with Crippen molar-refractivity contribution in [3.63, 3.8) is 0 Å². The van der Waals surface area contributed by atoms with Gasteiger partial charge in [-0.25, -0.2) is 0 Å². The lowest BCUT2D eigenvalue weighted by Gasteiger charge is -2.40. The maximum Gasteiger partial charge on any atom is 0.0802 e. The smallest absolute Gasteiger partial charge is 0.0802 e. The number of likely N-dealkylation sites (tertiary alicyclic amines) is 1. The van der Waals surface area contributed by atoms with Gasteiger partial charge in [0, 0.05) is 19.1 Å². The third kappa shape index (κ3) is 3.86. The largest absolute Gasteiger partial charge is 0.388 e. The fourth-order valence-electron chi connectivity index (χ4n) is 5.40. The summed E-state index contributed by atoms with van der Waals surface area (Å²) in [5.74, 6) is 0.546. The minimum absolute atomic E-state index is 0.340. The van der Waals surface area contributed by atoms with Crippen molar-refractivity contribution in [3.05, 3.63) is 35.4 Å². The van der Waals surface area contributed by atoms with E-state index in [1.54, 1.807) is 0 Å². The Morgan fingerprint density at radius 2 is 1.71 bits per heavy atom. The van der Waals surface area contributed by atoms with Crippen molar-refractivity contribution < 1.29 is 5.11 Å². The SMILES string of the molecule is CC(C)c1ccc(C(O)CCN2CC3(C)CC2CC(C)(C)C3)cc1. The van der Waals surface area contributed by atoms with Crippen LogP contribution in [0.5, 0.6) is 0 Å². The van der Waals surface area contributed by atoms with E-state index in [1.165, 1.54) is 31.4 Å². The fourth-order valence-corrected chi connectivity index (χ4v) is 5.40. The molecule has 1 saturated heterocycles. The predicted molar refractivity (Wildman–Crippen MR) is 101 cm³/mol. The van der Waals surface area contributed by atoms with Crippen molar-refractivity contribution in [2.75, 3.05) is 13.1 Å². The van der Waals surface area contributed by atoms with Crippen LogP contribution in [0.1, 0.15) is 83.5 Å². The summed E-state index contributed by atoms with van der Waals surface area (Å²) >= 11 is 0. The number of benzene rings is 1. The van der Waals surface area contributed by atoms with Crippen molar-refractivity contribution in [1.29, 1.82) is 0 Å². The summed E-state index contributed by atoms with van der Waals surface area (Å²) in [7, 11) is 0. The average molecular weight is 330 g/mol. The first-order chi connectivity index (χ1) is 11.2. The van der Waals surface area contributed by atoms with Crippen LogP contribution in [0.2, 0.25) is 0 Å². The van der Waals surface area contributed by atoms with Gasteiger partial charge in [-0.15, -0.1) is 0 Å². The lowest BCUT2D eigenvalue weighted by molar-refractivity contribution is 0.116. The molecule has 3 unspecified atom stereocenters. The molecule has 2 aliphatic rings. The van der Waals surface area contributed by atoms with Crippen LogP contribution in [0.15, 0.2) is 24.3 Å². The number of fused-ring (bicyclic) bond motifs is 2. The zero-order valence-corrected chi connectivity index (χ0v) is 16.2. The van der Waals surface area contributed by atoms with E-state index in [9.17, 15) is 5.11 Å². The molecule has 3 atom stereocenters. The van der Waals surface area contributed by atoms with Crippen LogP contribution in [0.25, 0.3) is 0 Å². The molecule has 0 aromatic heterocycles. The first-order valence-corrected chi connectivity index (χ1v) is 9.69. The molecule has 24 heavy (non-hydrogen) atoms. The molecule has 1 aliphatic heterocycles. The highest BCUT2D eigenvalue weighted by Gasteiger charge is 2.49. The highest BCUT2D eigenvalue weighted by Crippen LogP contribution is 2.52. The molecule has 0 radical (unpaired) electrons. The number of aliphatic hydroxyl groups excluding tert-OH is 1. The summed E-state index contributed by atoms with van der Waals surface area (Å²) in [5, 5.41) is 10.6. The number of nitrogens with zero attached hydrogens (tertiary/aromatic N) is 1. The Bertz CT molecular complexity index is 562. The zero-order chi connectivity index (χ0) is 17.5. The van der Waals surface area contributed by atoms with Gasteiger partial charge in [0.05, 0.1) is 6.10 Å². The Morgan fingerprint density at radius 3 is 2.33 bits per heavy atom. The molecule has 1 heterocycles. The first kappa shape index (κ1) is 17.9. The first-order valence-electron chi connectivity index (χ1n) is 9.69. The second-order valence-corrected chi connectivity index (χ2v) is 9.81. The van der Waals surface area contributed by atoms with Gasteiger partial charge in [0.2, 0.25) is 0 Å². The highest BCUT2D eigenvalue weighted by molar-refractivity contribution is 5.26. The van der Waals surface area contributed by atoms with Crippen LogP contribution >= 0.6 is 0 Å². The van der Waals surface area contributed by atoms with E-state index in [2.05, 4.69) is 63.8 Å². The summed E-state index contributed by atoms with van der Waals surface area (Å²) < 4.78 is 0. The van der Waals surface area contributed by atoms with Crippen molar-refractivity contribution in [1.82, 2.24) is 4.90 Å². The highest BCUT2D eigenvalue weighted by atomic mass is 16.3. The molecule has 1 aromatic rings. The fraction of sp³-hybridized carbons (Fsp3) is 0.727. The Hall–Kier alpha value is -0.860. The summed E-state index contributed by atoms with van der Waals surface area (Å²) in [5.41, 5.74) is 3.36. The van der Waals surface area contributed by atoms with Crippen LogP contribution in [-0.2, 0) is 0 Å². The third-order valence-corrected chi connectivity index (χ3v) is 6.20. The van der Waals surface area contributed by atoms with E-state index >= 15 is 0 Å². The quantitative estimate of drug-likeness (QED) is 0.809. The molecule has 2 heteroatoms. The van der Waals surface area contributed by atoms with Crippen LogP contribution in [-0.4, -0.2) is 29.1 Å². The van der Waals surface area contributed by atoms with Gasteiger partial charge in [-0.3, -0.25) is 4.90 Å². The second kappa shape index (κ2) is 6.46. The summed E-state index contributed by atoms with van der Waals surface area (Å²) in [4.78, 5) is 2.65. The van der Waals surface area contributed by atoms with Gasteiger partial charge in [0.15, 0.2) is 0 Å². The minimum Gasteiger partial charge on any atom is -0.388 e. The number of rotatable bonds is 5. The molecule has 2 nitrogen and oxygen atoms in total. The Morgan fingerprint density at radius 1 is 1.08 bits per heavy atom. The van der Waals surface area contributed by atoms with Gasteiger partial charge in [-0.2, -0.15) is 0 Å². The summed E-state index contributed by atoms with van der Waals surface area (Å²) in [6.07, 6.45) is 4.49. The Labute approximate surface area is 148 Å². The predicted octanol–water partition coefficient (Wildman–Crippen LogP) is 5.13. The lowest BCUT2D eigenvalue weighted by atomic mass is 9.65. The van der Waals surface area contributed by atoms with Crippen LogP contribution < -0.4 is 0 Å².